The van der Waals surface area contributed by atoms with Crippen molar-refractivity contribution >= 4 is 17.7 Å². The number of nitriles is 1. The average molecular weight is 346 g/mol. The van der Waals surface area contributed by atoms with Crippen LogP contribution in [0.5, 0.6) is 0 Å². The molecule has 25 heavy (non-hydrogen) atoms. The predicted molar refractivity (Wildman–Crippen MR) is 90.0 cm³/mol. The van der Waals surface area contributed by atoms with E-state index < -0.39 is 16.4 Å². The van der Waals surface area contributed by atoms with Crippen LogP contribution in [0, 0.1) is 22.2 Å². The number of carbonyl (C=O) groups is 3. The highest BCUT2D eigenvalue weighted by molar-refractivity contribution is 6.07. The minimum absolute atomic E-state index is 0.00542. The van der Waals surface area contributed by atoms with Gasteiger partial charge in [0.15, 0.2) is 0 Å². The first-order chi connectivity index (χ1) is 11.6. The summed E-state index contributed by atoms with van der Waals surface area (Å²) in [5.41, 5.74) is -2.16. The Labute approximate surface area is 148 Å². The lowest BCUT2D eigenvalue weighted by Crippen LogP contribution is -2.72. The quantitative estimate of drug-likeness (QED) is 0.758. The number of likely N-dealkylation sites (tertiary alicyclic amines) is 2. The van der Waals surface area contributed by atoms with Crippen molar-refractivity contribution in [1.29, 1.82) is 5.26 Å². The Morgan fingerprint density at radius 2 is 1.96 bits per heavy atom. The van der Waals surface area contributed by atoms with Crippen molar-refractivity contribution in [3.63, 3.8) is 0 Å². The van der Waals surface area contributed by atoms with Crippen LogP contribution in [0.4, 0.5) is 0 Å². The maximum Gasteiger partial charge on any atom is 0.249 e. The summed E-state index contributed by atoms with van der Waals surface area (Å²) < 4.78 is 0. The van der Waals surface area contributed by atoms with Gasteiger partial charge in [0, 0.05) is 19.0 Å². The molecule has 1 aliphatic carbocycles. The van der Waals surface area contributed by atoms with Crippen LogP contribution in [-0.4, -0.2) is 59.2 Å². The Morgan fingerprint density at radius 3 is 2.60 bits per heavy atom. The number of nitrogens with zero attached hydrogens (tertiary/aromatic N) is 3. The van der Waals surface area contributed by atoms with E-state index in [0.717, 1.165) is 6.42 Å². The molecule has 3 rings (SSSR count). The molecule has 0 aromatic rings. The zero-order valence-electron chi connectivity index (χ0n) is 15.4. The molecule has 3 amide bonds. The molecule has 0 aromatic heterocycles. The van der Waals surface area contributed by atoms with Crippen LogP contribution in [0.3, 0.4) is 0 Å². The van der Waals surface area contributed by atoms with Crippen molar-refractivity contribution in [3.8, 4) is 6.07 Å². The lowest BCUT2D eigenvalue weighted by molar-refractivity contribution is -0.170. The zero-order valence-corrected chi connectivity index (χ0v) is 15.4. The minimum Gasteiger partial charge on any atom is -0.326 e. The number of amides is 3. The molecule has 1 unspecified atom stereocenters. The van der Waals surface area contributed by atoms with Gasteiger partial charge in [-0.2, -0.15) is 5.26 Å². The summed E-state index contributed by atoms with van der Waals surface area (Å²) in [5.74, 6) is -0.563. The number of likely N-dealkylation sites (N-methyl/N-ethyl adjacent to an activating group) is 1. The van der Waals surface area contributed by atoms with E-state index in [4.69, 9.17) is 5.26 Å². The lowest BCUT2D eigenvalue weighted by atomic mass is 9.59. The van der Waals surface area contributed by atoms with E-state index in [9.17, 15) is 14.4 Å². The molecule has 0 radical (unpaired) electrons. The first-order valence-corrected chi connectivity index (χ1v) is 8.89. The summed E-state index contributed by atoms with van der Waals surface area (Å²) in [6, 6.07) is 1.79. The molecule has 136 valence electrons. The van der Waals surface area contributed by atoms with Gasteiger partial charge in [-0.1, -0.05) is 20.8 Å². The van der Waals surface area contributed by atoms with Gasteiger partial charge >= 0.3 is 0 Å². The van der Waals surface area contributed by atoms with Gasteiger partial charge in [0.2, 0.25) is 17.7 Å². The lowest BCUT2D eigenvalue weighted by Gasteiger charge is -2.53. The molecule has 7 heteroatoms. The molecule has 2 bridgehead atoms. The van der Waals surface area contributed by atoms with Gasteiger partial charge in [0.1, 0.15) is 11.6 Å². The van der Waals surface area contributed by atoms with Crippen LogP contribution in [0.2, 0.25) is 0 Å². The topological polar surface area (TPSA) is 93.5 Å². The predicted octanol–water partition coefficient (Wildman–Crippen LogP) is 0.654. The fraction of sp³-hybridized carbons (Fsp3) is 0.778. The van der Waals surface area contributed by atoms with Crippen LogP contribution >= 0.6 is 0 Å². The molecule has 1 saturated carbocycles. The van der Waals surface area contributed by atoms with Crippen molar-refractivity contribution in [3.05, 3.63) is 0 Å². The molecule has 3 aliphatic rings. The van der Waals surface area contributed by atoms with E-state index in [1.54, 1.807) is 4.90 Å². The molecule has 1 N–H and O–H groups in total. The monoisotopic (exact) mass is 346 g/mol. The van der Waals surface area contributed by atoms with Gasteiger partial charge in [-0.05, 0) is 25.7 Å². The first kappa shape index (κ1) is 17.9. The van der Waals surface area contributed by atoms with Crippen molar-refractivity contribution in [2.75, 3.05) is 20.1 Å². The van der Waals surface area contributed by atoms with E-state index in [0.29, 0.717) is 25.8 Å². The summed E-state index contributed by atoms with van der Waals surface area (Å²) in [7, 11) is 1.52. The summed E-state index contributed by atoms with van der Waals surface area (Å²) in [6.45, 7) is 6.38. The molecular weight excluding hydrogens is 320 g/mol. The second-order valence-electron chi connectivity index (χ2n) is 8.26. The number of imide groups is 1. The van der Waals surface area contributed by atoms with Gasteiger partial charge in [-0.3, -0.25) is 24.6 Å². The van der Waals surface area contributed by atoms with Crippen LogP contribution in [0.1, 0.15) is 46.5 Å². The minimum atomic E-state index is -0.929. The molecular formula is C18H26N4O3. The van der Waals surface area contributed by atoms with Gasteiger partial charge < -0.3 is 4.90 Å². The molecule has 2 aliphatic heterocycles. The zero-order chi connectivity index (χ0) is 18.6. The summed E-state index contributed by atoms with van der Waals surface area (Å²) >= 11 is 0. The van der Waals surface area contributed by atoms with Crippen LogP contribution < -0.4 is 5.32 Å². The molecule has 0 aromatic carbocycles. The van der Waals surface area contributed by atoms with E-state index in [2.05, 4.69) is 11.4 Å². The smallest absolute Gasteiger partial charge is 0.249 e. The van der Waals surface area contributed by atoms with Crippen molar-refractivity contribution in [2.24, 2.45) is 10.8 Å². The summed E-state index contributed by atoms with van der Waals surface area (Å²) in [5, 5.41) is 12.4. The van der Waals surface area contributed by atoms with Gasteiger partial charge in [-0.25, -0.2) is 0 Å². The van der Waals surface area contributed by atoms with Crippen LogP contribution in [-0.2, 0) is 14.4 Å². The summed E-state index contributed by atoms with van der Waals surface area (Å²) in [6.07, 6.45) is 2.67. The highest BCUT2D eigenvalue weighted by atomic mass is 16.2. The molecule has 3 atom stereocenters. The average Bonchev–Trinajstić information content (AvgIpc) is 3.12. The molecule has 0 spiro atoms. The number of piperidine rings is 1. The largest absolute Gasteiger partial charge is 0.326 e. The Balaban J connectivity index is 1.84. The van der Waals surface area contributed by atoms with Crippen LogP contribution in [0.25, 0.3) is 0 Å². The number of carbonyl (C=O) groups excluding carboxylic acids is 3. The molecule has 3 fully saturated rings. The third-order valence-electron chi connectivity index (χ3n) is 7.16. The maximum absolute atomic E-state index is 13.0. The Bertz CT molecular complexity index is 682. The first-order valence-electron chi connectivity index (χ1n) is 8.89. The normalized spacial score (nSPS) is 36.7. The number of hydrogen-bond donors (Lipinski definition) is 1. The fourth-order valence-electron chi connectivity index (χ4n) is 4.94. The Kier molecular flexibility index (Phi) is 3.95. The van der Waals surface area contributed by atoms with Gasteiger partial charge in [-0.15, -0.1) is 0 Å². The van der Waals surface area contributed by atoms with Crippen molar-refractivity contribution in [1.82, 2.24) is 15.1 Å². The molecule has 2 saturated heterocycles. The third-order valence-corrected chi connectivity index (χ3v) is 7.16. The fourth-order valence-corrected chi connectivity index (χ4v) is 4.94. The van der Waals surface area contributed by atoms with E-state index in [-0.39, 0.29) is 30.3 Å². The Hall–Kier alpha value is -1.94. The highest BCUT2D eigenvalue weighted by Crippen LogP contribution is 2.61. The summed E-state index contributed by atoms with van der Waals surface area (Å²) in [4.78, 5) is 41.1. The number of hydrogen-bond acceptors (Lipinski definition) is 5. The van der Waals surface area contributed by atoms with Crippen LogP contribution in [0.15, 0.2) is 0 Å². The number of fused-ring (bicyclic) bond motifs is 2. The number of rotatable bonds is 3. The van der Waals surface area contributed by atoms with Crippen molar-refractivity contribution in [2.45, 2.75) is 58.0 Å². The third kappa shape index (κ3) is 2.10. The second-order valence-corrected chi connectivity index (χ2v) is 8.26. The van der Waals surface area contributed by atoms with Gasteiger partial charge in [0.05, 0.1) is 18.0 Å². The SMILES string of the molecule is CN1C(=O)C2(C)CC[C@](NCC(=O)N3CCC[C@H]3C#N)(C1=O)C2(C)C. The van der Waals surface area contributed by atoms with E-state index >= 15 is 0 Å². The van der Waals surface area contributed by atoms with E-state index in [1.807, 2.05) is 20.8 Å². The van der Waals surface area contributed by atoms with E-state index in [1.165, 1.54) is 11.9 Å². The highest BCUT2D eigenvalue weighted by Gasteiger charge is 2.71. The second kappa shape index (κ2) is 5.53. The Morgan fingerprint density at radius 1 is 1.28 bits per heavy atom. The molecule has 2 heterocycles. The molecule has 7 nitrogen and oxygen atoms in total. The van der Waals surface area contributed by atoms with Crippen molar-refractivity contribution < 1.29 is 14.4 Å². The maximum atomic E-state index is 13.0. The standard InChI is InChI=1S/C18H26N4O3/c1-16(2)17(3)7-8-18(16,15(25)21(4)14(17)24)20-11-13(23)22-9-5-6-12(22)10-19/h12,20H,5-9,11H2,1-4H3/t12-,17?,18-/m0/s1. The number of nitrogens with one attached hydrogen (secondary N) is 1. The van der Waals surface area contributed by atoms with Gasteiger partial charge in [0.25, 0.3) is 0 Å².